The van der Waals surface area contributed by atoms with Gasteiger partial charge in [0.15, 0.2) is 0 Å². The number of thiazole rings is 1. The summed E-state index contributed by atoms with van der Waals surface area (Å²) >= 11 is 1.61. The van der Waals surface area contributed by atoms with Gasteiger partial charge in [-0.15, -0.1) is 11.3 Å². The van der Waals surface area contributed by atoms with Crippen LogP contribution in [0.5, 0.6) is 0 Å². The minimum Gasteiger partial charge on any atom is -0.272 e. The van der Waals surface area contributed by atoms with Crippen molar-refractivity contribution in [2.45, 2.75) is 51.6 Å². The van der Waals surface area contributed by atoms with E-state index < -0.39 is 0 Å². The van der Waals surface area contributed by atoms with E-state index in [0.717, 1.165) is 60.3 Å². The van der Waals surface area contributed by atoms with E-state index in [1.165, 1.54) is 0 Å². The molecule has 1 aromatic carbocycles. The van der Waals surface area contributed by atoms with Crippen molar-refractivity contribution >= 4 is 28.1 Å². The van der Waals surface area contributed by atoms with E-state index in [9.17, 15) is 10.1 Å². The highest BCUT2D eigenvalue weighted by Crippen LogP contribution is 2.37. The summed E-state index contributed by atoms with van der Waals surface area (Å²) in [5.74, 6) is 0.598. The van der Waals surface area contributed by atoms with Crippen LogP contribution in [-0.2, 0) is 16.2 Å². The van der Waals surface area contributed by atoms with Crippen molar-refractivity contribution in [3.05, 3.63) is 46.0 Å². The van der Waals surface area contributed by atoms with Crippen LogP contribution in [0.2, 0.25) is 0 Å². The van der Waals surface area contributed by atoms with Crippen LogP contribution in [0.15, 0.2) is 29.8 Å². The Bertz CT molecular complexity index is 1140. The molecule has 31 heavy (non-hydrogen) atoms. The fraction of sp³-hybridized carbons (Fsp3) is 0.478. The van der Waals surface area contributed by atoms with Gasteiger partial charge in [-0.05, 0) is 56.7 Å². The maximum atomic E-state index is 13.2. The van der Waals surface area contributed by atoms with E-state index in [1.54, 1.807) is 16.4 Å². The van der Waals surface area contributed by atoms with Crippen molar-refractivity contribution in [1.29, 1.82) is 5.26 Å². The summed E-state index contributed by atoms with van der Waals surface area (Å²) < 4.78 is 2.01. The molecule has 7 nitrogen and oxygen atoms in total. The number of rotatable bonds is 4. The Kier molecular flexibility index (Phi) is 5.47. The molecule has 0 N–H and O–H groups in total. The van der Waals surface area contributed by atoms with Gasteiger partial charge in [-0.25, -0.2) is 10.0 Å². The van der Waals surface area contributed by atoms with E-state index in [2.05, 4.69) is 16.2 Å². The predicted octanol–water partition coefficient (Wildman–Crippen LogP) is 4.38. The van der Waals surface area contributed by atoms with Crippen molar-refractivity contribution in [3.63, 3.8) is 0 Å². The number of carbonyl (C=O) groups excluding carboxylic acids is 1. The second-order valence-corrected chi connectivity index (χ2v) is 9.59. The summed E-state index contributed by atoms with van der Waals surface area (Å²) in [5, 5.41) is 19.4. The van der Waals surface area contributed by atoms with Gasteiger partial charge in [0.2, 0.25) is 5.91 Å². The SMILES string of the molecule is Cc1nc([C@@H]2CCON2C(=O)[C@H]2CC[C@H](Cn3ncc4ccc(C#N)cc43)CC2)cs1. The highest BCUT2D eigenvalue weighted by atomic mass is 32.1. The molecule has 5 rings (SSSR count). The molecule has 0 radical (unpaired) electrons. The molecule has 2 aliphatic rings. The minimum absolute atomic E-state index is 0.0103. The molecular weight excluding hydrogens is 410 g/mol. The van der Waals surface area contributed by atoms with Gasteiger partial charge < -0.3 is 0 Å². The van der Waals surface area contributed by atoms with Gasteiger partial charge in [-0.3, -0.25) is 14.3 Å². The van der Waals surface area contributed by atoms with E-state index in [4.69, 9.17) is 4.84 Å². The average Bonchev–Trinajstić information content (AvgIpc) is 3.53. The number of amides is 1. The Morgan fingerprint density at radius 3 is 2.87 bits per heavy atom. The minimum atomic E-state index is -0.0556. The van der Waals surface area contributed by atoms with E-state index in [1.807, 2.05) is 41.4 Å². The fourth-order valence-corrected chi connectivity index (χ4v) is 5.45. The molecule has 3 heterocycles. The maximum Gasteiger partial charge on any atom is 0.249 e. The monoisotopic (exact) mass is 435 g/mol. The van der Waals surface area contributed by atoms with Crippen LogP contribution in [0, 0.1) is 30.1 Å². The van der Waals surface area contributed by atoms with Crippen LogP contribution in [-0.4, -0.2) is 32.3 Å². The Balaban J connectivity index is 1.21. The third-order valence-electron chi connectivity index (χ3n) is 6.50. The number of hydrogen-bond donors (Lipinski definition) is 0. The van der Waals surface area contributed by atoms with Gasteiger partial charge >= 0.3 is 0 Å². The molecule has 2 fully saturated rings. The highest BCUT2D eigenvalue weighted by Gasteiger charge is 2.38. The van der Waals surface area contributed by atoms with Gasteiger partial charge in [0, 0.05) is 29.6 Å². The summed E-state index contributed by atoms with van der Waals surface area (Å²) in [7, 11) is 0. The largest absolute Gasteiger partial charge is 0.272 e. The molecule has 1 saturated carbocycles. The Morgan fingerprint density at radius 2 is 2.13 bits per heavy atom. The van der Waals surface area contributed by atoms with Crippen LogP contribution in [0.3, 0.4) is 0 Å². The van der Waals surface area contributed by atoms with Gasteiger partial charge in [-0.1, -0.05) is 0 Å². The number of carbonyl (C=O) groups is 1. The topological polar surface area (TPSA) is 84.0 Å². The van der Waals surface area contributed by atoms with Crippen molar-refractivity contribution < 1.29 is 9.63 Å². The van der Waals surface area contributed by atoms with Crippen LogP contribution in [0.1, 0.15) is 54.4 Å². The van der Waals surface area contributed by atoms with E-state index >= 15 is 0 Å². The average molecular weight is 436 g/mol. The summed E-state index contributed by atoms with van der Waals surface area (Å²) in [6.45, 7) is 3.38. The molecule has 3 aromatic rings. The molecule has 1 atom stereocenters. The van der Waals surface area contributed by atoms with Crippen molar-refractivity contribution in [1.82, 2.24) is 19.8 Å². The Labute approximate surface area is 185 Å². The Hall–Kier alpha value is -2.76. The molecule has 1 saturated heterocycles. The third kappa shape index (κ3) is 3.95. The van der Waals surface area contributed by atoms with Gasteiger partial charge in [0.05, 0.1) is 40.7 Å². The molecule has 8 heteroatoms. The van der Waals surface area contributed by atoms with Crippen molar-refractivity contribution in [3.8, 4) is 6.07 Å². The number of nitriles is 1. The lowest BCUT2D eigenvalue weighted by atomic mass is 9.81. The first-order chi connectivity index (χ1) is 15.1. The fourth-order valence-electron chi connectivity index (χ4n) is 4.79. The van der Waals surface area contributed by atoms with Crippen LogP contribution < -0.4 is 0 Å². The zero-order valence-corrected chi connectivity index (χ0v) is 18.3. The molecule has 160 valence electrons. The highest BCUT2D eigenvalue weighted by molar-refractivity contribution is 7.09. The number of aryl methyl sites for hydroxylation is 1. The molecule has 0 bridgehead atoms. The smallest absolute Gasteiger partial charge is 0.249 e. The van der Waals surface area contributed by atoms with Gasteiger partial charge in [0.25, 0.3) is 0 Å². The normalized spacial score (nSPS) is 23.9. The first-order valence-corrected chi connectivity index (χ1v) is 11.7. The lowest BCUT2D eigenvalue weighted by molar-refractivity contribution is -0.183. The third-order valence-corrected chi connectivity index (χ3v) is 7.29. The number of hydroxylamine groups is 2. The summed E-state index contributed by atoms with van der Waals surface area (Å²) in [5.41, 5.74) is 2.60. The van der Waals surface area contributed by atoms with Crippen LogP contribution in [0.25, 0.3) is 10.9 Å². The van der Waals surface area contributed by atoms with Crippen molar-refractivity contribution in [2.24, 2.45) is 11.8 Å². The Morgan fingerprint density at radius 1 is 1.29 bits per heavy atom. The molecule has 0 unspecified atom stereocenters. The summed E-state index contributed by atoms with van der Waals surface area (Å²) in [4.78, 5) is 23.5. The number of fused-ring (bicyclic) bond motifs is 1. The summed E-state index contributed by atoms with van der Waals surface area (Å²) in [6, 6.07) is 7.82. The zero-order chi connectivity index (χ0) is 21.4. The lowest BCUT2D eigenvalue weighted by Gasteiger charge is -2.31. The van der Waals surface area contributed by atoms with Crippen molar-refractivity contribution in [2.75, 3.05) is 6.61 Å². The number of nitrogens with zero attached hydrogens (tertiary/aromatic N) is 5. The standard InChI is InChI=1S/C23H25N5O2S/c1-15-26-20(14-31-15)21-8-9-30-28(21)23(29)18-5-2-16(3-6-18)13-27-22-10-17(11-24)4-7-19(22)12-25-27/h4,7,10,12,14,16,18,21H,2-3,5-6,8-9,13H2,1H3/t16-,18-,21-/m0/s1. The summed E-state index contributed by atoms with van der Waals surface area (Å²) in [6.07, 6.45) is 6.38. The zero-order valence-electron chi connectivity index (χ0n) is 17.5. The number of hydrogen-bond acceptors (Lipinski definition) is 6. The second-order valence-electron chi connectivity index (χ2n) is 8.52. The maximum absolute atomic E-state index is 13.2. The molecule has 0 spiro atoms. The van der Waals surface area contributed by atoms with Gasteiger partial charge in [-0.2, -0.15) is 10.4 Å². The predicted molar refractivity (Wildman–Crippen MR) is 117 cm³/mol. The number of benzene rings is 1. The molecular formula is C23H25N5O2S. The van der Waals surface area contributed by atoms with E-state index in [0.29, 0.717) is 18.1 Å². The molecule has 1 aliphatic carbocycles. The molecule has 1 amide bonds. The molecule has 2 aromatic heterocycles. The van der Waals surface area contributed by atoms with E-state index in [-0.39, 0.29) is 17.9 Å². The molecule has 1 aliphatic heterocycles. The lowest BCUT2D eigenvalue weighted by Crippen LogP contribution is -2.37. The number of aromatic nitrogens is 3. The second kappa shape index (κ2) is 8.40. The first kappa shape index (κ1) is 20.2. The quantitative estimate of drug-likeness (QED) is 0.607. The van der Waals surface area contributed by atoms with Gasteiger partial charge in [0.1, 0.15) is 6.04 Å². The van der Waals surface area contributed by atoms with Crippen LogP contribution >= 0.6 is 11.3 Å². The van der Waals surface area contributed by atoms with Crippen LogP contribution in [0.4, 0.5) is 0 Å². The first-order valence-electron chi connectivity index (χ1n) is 10.9.